The minimum atomic E-state index is 0.327. The fourth-order valence-corrected chi connectivity index (χ4v) is 3.22. The highest BCUT2D eigenvalue weighted by molar-refractivity contribution is 7.99. The Morgan fingerprint density at radius 2 is 2.35 bits per heavy atom. The molecule has 1 aromatic rings. The van der Waals surface area contributed by atoms with Crippen LogP contribution in [0.1, 0.15) is 25.7 Å². The van der Waals surface area contributed by atoms with E-state index in [1.54, 1.807) is 18.9 Å². The number of hydrogen-bond acceptors (Lipinski definition) is 3. The van der Waals surface area contributed by atoms with Gasteiger partial charge in [-0.05, 0) is 43.2 Å². The summed E-state index contributed by atoms with van der Waals surface area (Å²) in [5, 5.41) is 0. The van der Waals surface area contributed by atoms with Crippen LogP contribution in [0.2, 0.25) is 0 Å². The topological polar surface area (TPSA) is 26.3 Å². The molecule has 0 aliphatic heterocycles. The lowest BCUT2D eigenvalue weighted by Crippen LogP contribution is -2.06. The average molecular weight is 250 g/mol. The number of carbonyl (C=O) groups excluding carboxylic acids is 1. The fourth-order valence-electron chi connectivity index (χ4n) is 2.20. The largest absolute Gasteiger partial charge is 0.497 e. The zero-order valence-electron chi connectivity index (χ0n) is 10.1. The molecule has 0 radical (unpaired) electrons. The lowest BCUT2D eigenvalue weighted by molar-refractivity contribution is -0.120. The van der Waals surface area contributed by atoms with Crippen molar-refractivity contribution in [1.29, 1.82) is 0 Å². The number of ketones is 1. The molecule has 2 nitrogen and oxygen atoms in total. The Bertz CT molecular complexity index is 390. The normalized spacial score (nSPS) is 19.6. The van der Waals surface area contributed by atoms with E-state index in [2.05, 4.69) is 6.07 Å². The van der Waals surface area contributed by atoms with E-state index >= 15 is 0 Å². The van der Waals surface area contributed by atoms with Gasteiger partial charge in [0.15, 0.2) is 0 Å². The molecule has 1 fully saturated rings. The Balaban J connectivity index is 1.79. The summed E-state index contributed by atoms with van der Waals surface area (Å²) in [6.07, 6.45) is 4.00. The van der Waals surface area contributed by atoms with Gasteiger partial charge in [0.2, 0.25) is 0 Å². The molecular formula is C14H18O2S. The standard InChI is InChI=1S/C14H18O2S/c1-16-12-5-3-6-13(10-12)17-9-8-11-4-2-7-14(11)15/h3,5-6,10-11H,2,4,7-9H2,1H3. The summed E-state index contributed by atoms with van der Waals surface area (Å²) >= 11 is 1.81. The third-order valence-corrected chi connectivity index (χ3v) is 4.23. The van der Waals surface area contributed by atoms with E-state index in [9.17, 15) is 4.79 Å². The van der Waals surface area contributed by atoms with Gasteiger partial charge in [0.25, 0.3) is 0 Å². The molecule has 1 aliphatic rings. The molecule has 0 N–H and O–H groups in total. The first kappa shape index (κ1) is 12.5. The van der Waals surface area contributed by atoms with Crippen LogP contribution in [0.3, 0.4) is 0 Å². The lowest BCUT2D eigenvalue weighted by Gasteiger charge is -2.07. The van der Waals surface area contributed by atoms with E-state index in [1.807, 2.05) is 18.2 Å². The summed E-state index contributed by atoms with van der Waals surface area (Å²) in [5.74, 6) is 2.71. The number of carbonyl (C=O) groups is 1. The summed E-state index contributed by atoms with van der Waals surface area (Å²) in [4.78, 5) is 12.7. The van der Waals surface area contributed by atoms with E-state index in [0.29, 0.717) is 11.7 Å². The maximum atomic E-state index is 11.5. The third-order valence-electron chi connectivity index (χ3n) is 3.21. The molecule has 1 atom stereocenters. The van der Waals surface area contributed by atoms with Gasteiger partial charge in [-0.15, -0.1) is 11.8 Å². The van der Waals surface area contributed by atoms with Gasteiger partial charge in [0, 0.05) is 17.2 Å². The van der Waals surface area contributed by atoms with Gasteiger partial charge in [-0.1, -0.05) is 6.07 Å². The number of benzene rings is 1. The molecule has 0 spiro atoms. The maximum absolute atomic E-state index is 11.5. The molecule has 1 unspecified atom stereocenters. The van der Waals surface area contributed by atoms with Crippen LogP contribution in [0, 0.1) is 5.92 Å². The Morgan fingerprint density at radius 3 is 3.06 bits per heavy atom. The molecule has 0 heterocycles. The highest BCUT2D eigenvalue weighted by atomic mass is 32.2. The van der Waals surface area contributed by atoms with Crippen molar-refractivity contribution in [3.63, 3.8) is 0 Å². The lowest BCUT2D eigenvalue weighted by atomic mass is 10.1. The van der Waals surface area contributed by atoms with Gasteiger partial charge >= 0.3 is 0 Å². The Labute approximate surface area is 107 Å². The monoisotopic (exact) mass is 250 g/mol. The van der Waals surface area contributed by atoms with E-state index in [-0.39, 0.29) is 0 Å². The van der Waals surface area contributed by atoms with Crippen molar-refractivity contribution in [1.82, 2.24) is 0 Å². The van der Waals surface area contributed by atoms with E-state index in [1.165, 1.54) is 4.90 Å². The van der Waals surface area contributed by atoms with Crippen LogP contribution < -0.4 is 4.74 Å². The number of ether oxygens (including phenoxy) is 1. The van der Waals surface area contributed by atoms with Crippen molar-refractivity contribution in [2.75, 3.05) is 12.9 Å². The van der Waals surface area contributed by atoms with Gasteiger partial charge < -0.3 is 4.74 Å². The van der Waals surface area contributed by atoms with E-state index < -0.39 is 0 Å². The van der Waals surface area contributed by atoms with Crippen molar-refractivity contribution in [2.24, 2.45) is 5.92 Å². The van der Waals surface area contributed by atoms with Gasteiger partial charge in [-0.2, -0.15) is 0 Å². The molecule has 3 heteroatoms. The zero-order valence-corrected chi connectivity index (χ0v) is 11.0. The van der Waals surface area contributed by atoms with Crippen molar-refractivity contribution in [3.8, 4) is 5.75 Å². The van der Waals surface area contributed by atoms with Crippen LogP contribution >= 0.6 is 11.8 Å². The molecule has 0 saturated heterocycles. The summed E-state index contributed by atoms with van der Waals surface area (Å²) in [7, 11) is 1.68. The summed E-state index contributed by atoms with van der Waals surface area (Å²) < 4.78 is 5.18. The molecule has 2 rings (SSSR count). The van der Waals surface area contributed by atoms with Crippen LogP contribution in [-0.2, 0) is 4.79 Å². The molecule has 0 aromatic heterocycles. The number of Topliss-reactive ketones (excluding diaryl/α,β-unsaturated/α-hetero) is 1. The molecule has 92 valence electrons. The van der Waals surface area contributed by atoms with Crippen molar-refractivity contribution >= 4 is 17.5 Å². The van der Waals surface area contributed by atoms with Crippen LogP contribution in [0.4, 0.5) is 0 Å². The number of hydrogen-bond donors (Lipinski definition) is 0. The van der Waals surface area contributed by atoms with Crippen LogP contribution in [0.5, 0.6) is 5.75 Å². The third kappa shape index (κ3) is 3.50. The fraction of sp³-hybridized carbons (Fsp3) is 0.500. The Hall–Kier alpha value is -0.960. The van der Waals surface area contributed by atoms with Crippen molar-refractivity contribution < 1.29 is 9.53 Å². The van der Waals surface area contributed by atoms with Gasteiger partial charge in [0.1, 0.15) is 11.5 Å². The van der Waals surface area contributed by atoms with Gasteiger partial charge in [-0.3, -0.25) is 4.79 Å². The molecule has 0 amide bonds. The SMILES string of the molecule is COc1cccc(SCCC2CCCC2=O)c1. The summed E-state index contributed by atoms with van der Waals surface area (Å²) in [5.41, 5.74) is 0. The first-order valence-electron chi connectivity index (χ1n) is 6.09. The second-order valence-corrected chi connectivity index (χ2v) is 5.54. The summed E-state index contributed by atoms with van der Waals surface area (Å²) in [6.45, 7) is 0. The first-order chi connectivity index (χ1) is 8.29. The molecule has 1 aromatic carbocycles. The minimum absolute atomic E-state index is 0.327. The molecule has 1 saturated carbocycles. The number of rotatable bonds is 5. The van der Waals surface area contributed by atoms with E-state index in [4.69, 9.17) is 4.74 Å². The Morgan fingerprint density at radius 1 is 1.47 bits per heavy atom. The number of methoxy groups -OCH3 is 1. The highest BCUT2D eigenvalue weighted by Gasteiger charge is 2.23. The quantitative estimate of drug-likeness (QED) is 0.748. The van der Waals surface area contributed by atoms with Crippen LogP contribution in [0.15, 0.2) is 29.2 Å². The van der Waals surface area contributed by atoms with Crippen LogP contribution in [-0.4, -0.2) is 18.6 Å². The van der Waals surface area contributed by atoms with Crippen LogP contribution in [0.25, 0.3) is 0 Å². The molecule has 1 aliphatic carbocycles. The molecular weight excluding hydrogens is 232 g/mol. The maximum Gasteiger partial charge on any atom is 0.136 e. The smallest absolute Gasteiger partial charge is 0.136 e. The second-order valence-electron chi connectivity index (χ2n) is 4.37. The first-order valence-corrected chi connectivity index (χ1v) is 7.07. The summed E-state index contributed by atoms with van der Waals surface area (Å²) in [6, 6.07) is 8.08. The zero-order chi connectivity index (χ0) is 12.1. The second kappa shape index (κ2) is 6.10. The number of thioether (sulfide) groups is 1. The minimum Gasteiger partial charge on any atom is -0.497 e. The predicted octanol–water partition coefficient (Wildman–Crippen LogP) is 3.55. The van der Waals surface area contributed by atoms with Gasteiger partial charge in [0.05, 0.1) is 7.11 Å². The van der Waals surface area contributed by atoms with Gasteiger partial charge in [-0.25, -0.2) is 0 Å². The van der Waals surface area contributed by atoms with E-state index in [0.717, 1.165) is 37.2 Å². The average Bonchev–Trinajstić information content (AvgIpc) is 2.76. The predicted molar refractivity (Wildman–Crippen MR) is 70.7 cm³/mol. The van der Waals surface area contributed by atoms with Crippen molar-refractivity contribution in [3.05, 3.63) is 24.3 Å². The van der Waals surface area contributed by atoms with Crippen molar-refractivity contribution in [2.45, 2.75) is 30.6 Å². The highest BCUT2D eigenvalue weighted by Crippen LogP contribution is 2.29. The molecule has 0 bridgehead atoms. The Kier molecular flexibility index (Phi) is 4.49. The molecule has 17 heavy (non-hydrogen) atoms.